The molecule has 0 aliphatic carbocycles. The second-order valence-electron chi connectivity index (χ2n) is 5.95. The van der Waals surface area contributed by atoms with Crippen LogP contribution in [-0.2, 0) is 18.3 Å². The average molecular weight is 316 g/mol. The standard InChI is InChI=1S/C21H20N2O/c1-16-8-9-17(12-21(16)18-6-4-3-5-7-18)10-11-20(24)13-19-14-23(2)15-22-19/h3-12,14-15H,13H2,1-2H3/b11-10+. The maximum atomic E-state index is 12.1. The third-order valence-corrected chi connectivity index (χ3v) is 3.92. The van der Waals surface area contributed by atoms with E-state index in [1.165, 1.54) is 16.7 Å². The van der Waals surface area contributed by atoms with E-state index in [2.05, 4.69) is 36.2 Å². The summed E-state index contributed by atoms with van der Waals surface area (Å²) in [5, 5.41) is 0. The topological polar surface area (TPSA) is 34.9 Å². The van der Waals surface area contributed by atoms with E-state index < -0.39 is 0 Å². The molecule has 3 heteroatoms. The van der Waals surface area contributed by atoms with Crippen LogP contribution in [0.15, 0.2) is 67.1 Å². The Balaban J connectivity index is 1.76. The van der Waals surface area contributed by atoms with Crippen LogP contribution in [0.1, 0.15) is 16.8 Å². The third-order valence-electron chi connectivity index (χ3n) is 3.92. The van der Waals surface area contributed by atoms with Gasteiger partial charge in [-0.1, -0.05) is 48.5 Å². The highest BCUT2D eigenvalue weighted by molar-refractivity contribution is 5.95. The Morgan fingerprint density at radius 3 is 2.67 bits per heavy atom. The van der Waals surface area contributed by atoms with Crippen molar-refractivity contribution in [2.24, 2.45) is 7.05 Å². The van der Waals surface area contributed by atoms with Crippen molar-refractivity contribution in [2.45, 2.75) is 13.3 Å². The molecule has 1 heterocycles. The van der Waals surface area contributed by atoms with Gasteiger partial charge in [-0.15, -0.1) is 0 Å². The van der Waals surface area contributed by atoms with E-state index in [0.29, 0.717) is 6.42 Å². The Hall–Kier alpha value is -2.94. The van der Waals surface area contributed by atoms with E-state index in [1.54, 1.807) is 12.4 Å². The molecule has 0 saturated heterocycles. The van der Waals surface area contributed by atoms with Crippen molar-refractivity contribution in [3.05, 3.63) is 84.0 Å². The lowest BCUT2D eigenvalue weighted by Gasteiger charge is -2.07. The second kappa shape index (κ2) is 7.09. The molecule has 0 unspecified atom stereocenters. The highest BCUT2D eigenvalue weighted by Crippen LogP contribution is 2.24. The minimum Gasteiger partial charge on any atom is -0.340 e. The van der Waals surface area contributed by atoms with Crippen molar-refractivity contribution >= 4 is 11.9 Å². The molecule has 0 spiro atoms. The number of rotatable bonds is 5. The van der Waals surface area contributed by atoms with Crippen molar-refractivity contribution in [3.63, 3.8) is 0 Å². The van der Waals surface area contributed by atoms with Gasteiger partial charge in [0.2, 0.25) is 0 Å². The van der Waals surface area contributed by atoms with Crippen LogP contribution >= 0.6 is 0 Å². The van der Waals surface area contributed by atoms with Gasteiger partial charge in [-0.25, -0.2) is 4.98 Å². The van der Waals surface area contributed by atoms with Crippen LogP contribution in [0.5, 0.6) is 0 Å². The van der Waals surface area contributed by atoms with Crippen LogP contribution in [0, 0.1) is 6.92 Å². The van der Waals surface area contributed by atoms with Gasteiger partial charge in [0.1, 0.15) is 0 Å². The third kappa shape index (κ3) is 3.87. The van der Waals surface area contributed by atoms with Crippen LogP contribution in [-0.4, -0.2) is 15.3 Å². The molecule has 120 valence electrons. The molecule has 0 aliphatic heterocycles. The molecule has 0 amide bonds. The van der Waals surface area contributed by atoms with Crippen LogP contribution in [0.4, 0.5) is 0 Å². The van der Waals surface area contributed by atoms with Crippen molar-refractivity contribution in [1.82, 2.24) is 9.55 Å². The van der Waals surface area contributed by atoms with Crippen LogP contribution in [0.25, 0.3) is 17.2 Å². The van der Waals surface area contributed by atoms with Crippen molar-refractivity contribution in [1.29, 1.82) is 0 Å². The van der Waals surface area contributed by atoms with Crippen molar-refractivity contribution in [3.8, 4) is 11.1 Å². The summed E-state index contributed by atoms with van der Waals surface area (Å²) in [6.07, 6.45) is 7.41. The largest absolute Gasteiger partial charge is 0.340 e. The van der Waals surface area contributed by atoms with Crippen LogP contribution in [0.3, 0.4) is 0 Å². The second-order valence-corrected chi connectivity index (χ2v) is 5.95. The minimum absolute atomic E-state index is 0.0514. The Morgan fingerprint density at radius 1 is 1.17 bits per heavy atom. The number of carbonyl (C=O) groups is 1. The summed E-state index contributed by atoms with van der Waals surface area (Å²) in [7, 11) is 1.90. The first-order valence-corrected chi connectivity index (χ1v) is 7.95. The normalized spacial score (nSPS) is 11.1. The van der Waals surface area contributed by atoms with Crippen molar-refractivity contribution in [2.75, 3.05) is 0 Å². The summed E-state index contributed by atoms with van der Waals surface area (Å²) < 4.78 is 1.85. The molecular weight excluding hydrogens is 296 g/mol. The maximum absolute atomic E-state index is 12.1. The number of allylic oxidation sites excluding steroid dienone is 1. The number of ketones is 1. The van der Waals surface area contributed by atoms with Gasteiger partial charge in [0.05, 0.1) is 18.4 Å². The summed E-state index contributed by atoms with van der Waals surface area (Å²) in [4.78, 5) is 16.3. The zero-order chi connectivity index (χ0) is 16.9. The highest BCUT2D eigenvalue weighted by atomic mass is 16.1. The Morgan fingerprint density at radius 2 is 1.96 bits per heavy atom. The zero-order valence-electron chi connectivity index (χ0n) is 13.9. The van der Waals surface area contributed by atoms with E-state index in [1.807, 2.05) is 48.2 Å². The number of imidazole rings is 1. The van der Waals surface area contributed by atoms with Crippen LogP contribution < -0.4 is 0 Å². The molecule has 0 fully saturated rings. The maximum Gasteiger partial charge on any atom is 0.161 e. The van der Waals surface area contributed by atoms with E-state index in [-0.39, 0.29) is 5.78 Å². The summed E-state index contributed by atoms with van der Waals surface area (Å²) in [5.74, 6) is 0.0514. The average Bonchev–Trinajstić information content (AvgIpc) is 2.99. The van der Waals surface area contributed by atoms with Gasteiger partial charge in [0, 0.05) is 13.2 Å². The quantitative estimate of drug-likeness (QED) is 0.661. The fraction of sp³-hybridized carbons (Fsp3) is 0.143. The zero-order valence-corrected chi connectivity index (χ0v) is 13.9. The first kappa shape index (κ1) is 15.9. The Labute approximate surface area is 142 Å². The molecule has 3 nitrogen and oxygen atoms in total. The molecular formula is C21H20N2O. The summed E-state index contributed by atoms with van der Waals surface area (Å²) in [5.41, 5.74) is 5.41. The molecule has 0 bridgehead atoms. The van der Waals surface area contributed by atoms with E-state index in [4.69, 9.17) is 0 Å². The Bertz CT molecular complexity index is 876. The van der Waals surface area contributed by atoms with Gasteiger partial charge < -0.3 is 4.57 Å². The van der Waals surface area contributed by atoms with E-state index in [9.17, 15) is 4.79 Å². The number of hydrogen-bond acceptors (Lipinski definition) is 2. The van der Waals surface area contributed by atoms with Gasteiger partial charge in [-0.3, -0.25) is 4.79 Å². The first-order chi connectivity index (χ1) is 11.6. The molecule has 0 saturated carbocycles. The number of aryl methyl sites for hydroxylation is 2. The predicted molar refractivity (Wildman–Crippen MR) is 97.6 cm³/mol. The SMILES string of the molecule is Cc1ccc(/C=C/C(=O)Cc2cn(C)cn2)cc1-c1ccccc1. The lowest BCUT2D eigenvalue weighted by Crippen LogP contribution is -1.98. The molecule has 3 aromatic rings. The summed E-state index contributed by atoms with van der Waals surface area (Å²) in [6.45, 7) is 2.10. The lowest BCUT2D eigenvalue weighted by molar-refractivity contribution is -0.114. The van der Waals surface area contributed by atoms with Crippen molar-refractivity contribution < 1.29 is 4.79 Å². The number of benzene rings is 2. The molecule has 1 aromatic heterocycles. The molecule has 3 rings (SSSR count). The number of aromatic nitrogens is 2. The number of carbonyl (C=O) groups excluding carboxylic acids is 1. The van der Waals surface area contributed by atoms with Gasteiger partial charge in [0.15, 0.2) is 5.78 Å². The molecule has 0 radical (unpaired) electrons. The molecule has 0 aliphatic rings. The van der Waals surface area contributed by atoms with E-state index in [0.717, 1.165) is 11.3 Å². The minimum atomic E-state index is 0.0514. The van der Waals surface area contributed by atoms with E-state index >= 15 is 0 Å². The fourth-order valence-corrected chi connectivity index (χ4v) is 2.66. The molecule has 0 atom stereocenters. The van der Waals surface area contributed by atoms with Gasteiger partial charge in [-0.2, -0.15) is 0 Å². The fourth-order valence-electron chi connectivity index (χ4n) is 2.66. The monoisotopic (exact) mass is 316 g/mol. The summed E-state index contributed by atoms with van der Waals surface area (Å²) in [6, 6.07) is 16.5. The highest BCUT2D eigenvalue weighted by Gasteiger charge is 2.04. The number of hydrogen-bond donors (Lipinski definition) is 0. The number of nitrogens with zero attached hydrogens (tertiary/aromatic N) is 2. The lowest BCUT2D eigenvalue weighted by atomic mass is 9.98. The molecule has 24 heavy (non-hydrogen) atoms. The molecule has 0 N–H and O–H groups in total. The van der Waals surface area contributed by atoms with Crippen LogP contribution in [0.2, 0.25) is 0 Å². The van der Waals surface area contributed by atoms with Gasteiger partial charge >= 0.3 is 0 Å². The summed E-state index contributed by atoms with van der Waals surface area (Å²) >= 11 is 0. The smallest absolute Gasteiger partial charge is 0.161 e. The predicted octanol–water partition coefficient (Wildman–Crippen LogP) is 4.22. The van der Waals surface area contributed by atoms with Gasteiger partial charge in [-0.05, 0) is 41.3 Å². The first-order valence-electron chi connectivity index (χ1n) is 7.95. The molecule has 2 aromatic carbocycles. The van der Waals surface area contributed by atoms with Gasteiger partial charge in [0.25, 0.3) is 0 Å². The Kier molecular flexibility index (Phi) is 4.71.